The number of amides is 2. The molecule has 8 rings (SSSR count). The molecular formula is C51H53N5O8. The Hall–Kier alpha value is -6.80. The molecule has 0 aliphatic carbocycles. The van der Waals surface area contributed by atoms with Gasteiger partial charge in [0.25, 0.3) is 11.8 Å². The van der Waals surface area contributed by atoms with E-state index in [1.54, 1.807) is 41.3 Å². The van der Waals surface area contributed by atoms with E-state index in [1.807, 2.05) is 60.7 Å². The van der Waals surface area contributed by atoms with Crippen LogP contribution in [0.4, 0.5) is 0 Å². The fraction of sp³-hybridized carbons (Fsp3) is 0.294. The van der Waals surface area contributed by atoms with E-state index in [2.05, 4.69) is 44.8 Å². The third kappa shape index (κ3) is 11.0. The number of ether oxygens (including phenoxy) is 2. The number of aromatic amines is 1. The Labute approximate surface area is 371 Å². The number of H-pyrrole nitrogens is 1. The molecule has 13 heteroatoms. The number of piperidine rings is 1. The molecule has 2 aliphatic heterocycles. The van der Waals surface area contributed by atoms with Gasteiger partial charge < -0.3 is 40.2 Å². The number of nitrogens with zero attached hydrogens (tertiary/aromatic N) is 2. The van der Waals surface area contributed by atoms with E-state index in [0.29, 0.717) is 60.0 Å². The largest absolute Gasteiger partial charge is 0.506 e. The van der Waals surface area contributed by atoms with Gasteiger partial charge in [0.05, 0.1) is 24.3 Å². The van der Waals surface area contributed by atoms with Crippen molar-refractivity contribution in [2.24, 2.45) is 5.92 Å². The summed E-state index contributed by atoms with van der Waals surface area (Å²) in [6, 6.07) is 40.2. The Kier molecular flexibility index (Phi) is 14.1. The van der Waals surface area contributed by atoms with Crippen molar-refractivity contribution in [3.8, 4) is 11.5 Å². The molecule has 2 amide bonds. The first-order valence-corrected chi connectivity index (χ1v) is 21.8. The van der Waals surface area contributed by atoms with E-state index in [-0.39, 0.29) is 53.8 Å². The number of carbonyl (C=O) groups excluding carboxylic acids is 3. The lowest BCUT2D eigenvalue weighted by molar-refractivity contribution is -0.146. The first-order chi connectivity index (χ1) is 31.2. The van der Waals surface area contributed by atoms with Gasteiger partial charge in [0.15, 0.2) is 6.61 Å². The van der Waals surface area contributed by atoms with E-state index in [0.717, 1.165) is 43.6 Å². The zero-order valence-corrected chi connectivity index (χ0v) is 35.5. The highest BCUT2D eigenvalue weighted by atomic mass is 16.5. The third-order valence-electron chi connectivity index (χ3n) is 12.0. The fourth-order valence-electron chi connectivity index (χ4n) is 8.44. The summed E-state index contributed by atoms with van der Waals surface area (Å²) >= 11 is 0. The average Bonchev–Trinajstić information content (AvgIpc) is 3.30. The van der Waals surface area contributed by atoms with Crippen molar-refractivity contribution < 1.29 is 34.1 Å². The molecule has 13 nitrogen and oxygen atoms in total. The number of hydrogen-bond donors (Lipinski definition) is 5. The minimum atomic E-state index is -0.891. The van der Waals surface area contributed by atoms with Crippen molar-refractivity contribution in [2.75, 3.05) is 45.9 Å². The Bertz CT molecular complexity index is 2590. The maximum absolute atomic E-state index is 13.8. The van der Waals surface area contributed by atoms with Crippen LogP contribution in [-0.4, -0.2) is 94.8 Å². The van der Waals surface area contributed by atoms with E-state index in [4.69, 9.17) is 9.47 Å². The zero-order chi connectivity index (χ0) is 44.4. The number of aromatic nitrogens is 1. The number of likely N-dealkylation sites (tertiary alicyclic amines) is 2. The minimum absolute atomic E-state index is 0.0691. The number of benzene rings is 5. The predicted molar refractivity (Wildman–Crippen MR) is 243 cm³/mol. The number of rotatable bonds is 17. The highest BCUT2D eigenvalue weighted by Crippen LogP contribution is 2.31. The number of fused-ring (bicyclic) bond motifs is 1. The van der Waals surface area contributed by atoms with Gasteiger partial charge in [-0.05, 0) is 96.1 Å². The van der Waals surface area contributed by atoms with Gasteiger partial charge in [-0.25, -0.2) is 0 Å². The van der Waals surface area contributed by atoms with E-state index in [9.17, 15) is 29.4 Å². The van der Waals surface area contributed by atoms with Crippen molar-refractivity contribution in [2.45, 2.75) is 44.0 Å². The molecule has 2 saturated heterocycles. The summed E-state index contributed by atoms with van der Waals surface area (Å²) in [5, 5.41) is 27.7. The van der Waals surface area contributed by atoms with Gasteiger partial charge in [0.1, 0.15) is 17.4 Å². The lowest BCUT2D eigenvalue weighted by Gasteiger charge is -2.39. The van der Waals surface area contributed by atoms with Crippen LogP contribution in [-0.2, 0) is 27.4 Å². The summed E-state index contributed by atoms with van der Waals surface area (Å²) in [4.78, 5) is 58.3. The van der Waals surface area contributed by atoms with Crippen LogP contribution in [0.1, 0.15) is 63.0 Å². The Morgan fingerprint density at radius 2 is 1.52 bits per heavy atom. The molecule has 6 aromatic rings. The maximum Gasteiger partial charge on any atom is 0.317 e. The standard InChI is InChI=1S/C51H53N5O8/c57-44-20-18-42(43-19-21-46(59)54-49(43)44)45(58)28-52-27-34-14-16-38(17-15-34)50(61)56-30-40(31-56)53-47(60)33-63-41-13-7-12-39(26-41)48(37-10-5-2-6-11-37)51(62)64-32-36-22-24-55(25-23-36)29-35-8-3-1-4-9-35/h1-21,26,36,40,45,48,52,57-58H,22-25,27-33H2,(H,53,60)(H,54,59). The molecule has 5 aromatic carbocycles. The summed E-state index contributed by atoms with van der Waals surface area (Å²) < 4.78 is 11.9. The van der Waals surface area contributed by atoms with Gasteiger partial charge >= 0.3 is 5.97 Å². The highest BCUT2D eigenvalue weighted by molar-refractivity contribution is 5.95. The number of hydrogen-bond acceptors (Lipinski definition) is 10. The summed E-state index contributed by atoms with van der Waals surface area (Å²) in [5.41, 5.74) is 4.77. The molecule has 0 radical (unpaired) electrons. The number of carbonyl (C=O) groups is 3. The van der Waals surface area contributed by atoms with Crippen LogP contribution in [0.2, 0.25) is 0 Å². The van der Waals surface area contributed by atoms with Crippen LogP contribution >= 0.6 is 0 Å². The number of nitrogens with one attached hydrogen (secondary N) is 3. The second-order valence-corrected chi connectivity index (χ2v) is 16.6. The molecule has 2 aliphatic rings. The first kappa shape index (κ1) is 43.8. The number of pyridine rings is 1. The van der Waals surface area contributed by atoms with Crippen LogP contribution in [0.5, 0.6) is 11.5 Å². The number of aromatic hydroxyl groups is 1. The molecule has 0 spiro atoms. The second-order valence-electron chi connectivity index (χ2n) is 16.6. The molecule has 330 valence electrons. The third-order valence-corrected chi connectivity index (χ3v) is 12.0. The minimum Gasteiger partial charge on any atom is -0.506 e. The molecule has 64 heavy (non-hydrogen) atoms. The van der Waals surface area contributed by atoms with Crippen molar-refractivity contribution >= 4 is 28.7 Å². The molecule has 2 fully saturated rings. The smallest absolute Gasteiger partial charge is 0.317 e. The monoisotopic (exact) mass is 863 g/mol. The van der Waals surface area contributed by atoms with Crippen LogP contribution in [0, 0.1) is 5.92 Å². The lowest BCUT2D eigenvalue weighted by Crippen LogP contribution is -2.61. The predicted octanol–water partition coefficient (Wildman–Crippen LogP) is 5.66. The Morgan fingerprint density at radius 3 is 2.27 bits per heavy atom. The number of aliphatic hydroxyl groups excluding tert-OH is 1. The van der Waals surface area contributed by atoms with Gasteiger partial charge in [-0.2, -0.15) is 0 Å². The van der Waals surface area contributed by atoms with Gasteiger partial charge in [0, 0.05) is 49.7 Å². The van der Waals surface area contributed by atoms with Crippen LogP contribution in [0.15, 0.2) is 138 Å². The first-order valence-electron chi connectivity index (χ1n) is 21.8. The highest BCUT2D eigenvalue weighted by Gasteiger charge is 2.32. The van der Waals surface area contributed by atoms with E-state index in [1.165, 1.54) is 17.7 Å². The Morgan fingerprint density at radius 1 is 0.797 bits per heavy atom. The van der Waals surface area contributed by atoms with Gasteiger partial charge in [-0.15, -0.1) is 0 Å². The zero-order valence-electron chi connectivity index (χ0n) is 35.5. The van der Waals surface area contributed by atoms with Crippen molar-refractivity contribution in [3.05, 3.63) is 177 Å². The summed E-state index contributed by atoms with van der Waals surface area (Å²) in [7, 11) is 0. The van der Waals surface area contributed by atoms with Crippen LogP contribution in [0.25, 0.3) is 10.9 Å². The molecule has 0 saturated carbocycles. The number of aliphatic hydroxyl groups is 1. The molecule has 3 heterocycles. The molecule has 1 aromatic heterocycles. The summed E-state index contributed by atoms with van der Waals surface area (Å²) in [6.07, 6.45) is 1.04. The molecule has 0 bridgehead atoms. The van der Waals surface area contributed by atoms with Gasteiger partial charge in [-0.3, -0.25) is 24.1 Å². The molecule has 2 unspecified atom stereocenters. The van der Waals surface area contributed by atoms with Crippen molar-refractivity contribution in [3.63, 3.8) is 0 Å². The van der Waals surface area contributed by atoms with Gasteiger partial charge in [-0.1, -0.05) is 91.0 Å². The fourth-order valence-corrected chi connectivity index (χ4v) is 8.44. The molecule has 2 atom stereocenters. The van der Waals surface area contributed by atoms with Crippen LogP contribution in [0.3, 0.4) is 0 Å². The number of esters is 1. The van der Waals surface area contributed by atoms with Gasteiger partial charge in [0.2, 0.25) is 5.56 Å². The quantitative estimate of drug-likeness (QED) is 0.0721. The SMILES string of the molecule is O=C(COc1cccc(C(C(=O)OCC2CCN(Cc3ccccc3)CC2)c2ccccc2)c1)NC1CN(C(=O)c2ccc(CNCC(O)c3ccc(O)c4[nH]c(=O)ccc34)cc2)C1. The number of phenolic OH excluding ortho intramolecular Hbond substituents is 1. The average molecular weight is 864 g/mol. The molecular weight excluding hydrogens is 811 g/mol. The lowest BCUT2D eigenvalue weighted by atomic mass is 9.91. The van der Waals surface area contributed by atoms with E-state index < -0.39 is 12.0 Å². The second kappa shape index (κ2) is 20.6. The maximum atomic E-state index is 13.8. The summed E-state index contributed by atoms with van der Waals surface area (Å²) in [6.45, 7) is 4.40. The topological polar surface area (TPSA) is 174 Å². The van der Waals surface area contributed by atoms with Crippen LogP contribution < -0.4 is 20.9 Å². The molecule has 5 N–H and O–H groups in total. The summed E-state index contributed by atoms with van der Waals surface area (Å²) in [5.74, 6) is -0.741. The Balaban J connectivity index is 0.766. The normalized spacial score (nSPS) is 15.5. The van der Waals surface area contributed by atoms with Crippen molar-refractivity contribution in [1.82, 2.24) is 25.4 Å². The number of phenols is 1. The van der Waals surface area contributed by atoms with E-state index >= 15 is 0 Å². The van der Waals surface area contributed by atoms with Crippen molar-refractivity contribution in [1.29, 1.82) is 0 Å².